The normalized spacial score (nSPS) is 10.8. The average molecular weight is 321 g/mol. The summed E-state index contributed by atoms with van der Waals surface area (Å²) < 4.78 is 15.4. The Balaban J connectivity index is 2.15. The third kappa shape index (κ3) is 6.68. The number of Topliss-reactive ketones (excluding diaryl/α,β-unsaturated/α-hetero) is 1. The van der Waals surface area contributed by atoms with Gasteiger partial charge >= 0.3 is 0 Å². The SMILES string of the molecule is COCCCOCCOCC(=O)c1ccc(Cl)c(Cl)c1. The predicted octanol–water partition coefficient (Wildman–Crippen LogP) is 3.25. The van der Waals surface area contributed by atoms with Crippen molar-refractivity contribution < 1.29 is 19.0 Å². The highest BCUT2D eigenvalue weighted by Crippen LogP contribution is 2.22. The van der Waals surface area contributed by atoms with Crippen LogP contribution in [0.5, 0.6) is 0 Å². The fraction of sp³-hybridized carbons (Fsp3) is 0.500. The number of carbonyl (C=O) groups is 1. The topological polar surface area (TPSA) is 44.8 Å². The summed E-state index contributed by atoms with van der Waals surface area (Å²) >= 11 is 11.6. The van der Waals surface area contributed by atoms with Gasteiger partial charge in [0, 0.05) is 25.9 Å². The van der Waals surface area contributed by atoms with Crippen LogP contribution in [0.15, 0.2) is 18.2 Å². The van der Waals surface area contributed by atoms with E-state index in [0.717, 1.165) is 6.42 Å². The zero-order chi connectivity index (χ0) is 14.8. The molecule has 6 heteroatoms. The van der Waals surface area contributed by atoms with E-state index < -0.39 is 0 Å². The molecule has 0 bridgehead atoms. The van der Waals surface area contributed by atoms with Crippen LogP contribution in [0.4, 0.5) is 0 Å². The second-order valence-electron chi connectivity index (χ2n) is 4.06. The van der Waals surface area contributed by atoms with Crippen molar-refractivity contribution in [2.45, 2.75) is 6.42 Å². The maximum atomic E-state index is 11.8. The van der Waals surface area contributed by atoms with E-state index in [-0.39, 0.29) is 12.4 Å². The third-order valence-corrected chi connectivity index (χ3v) is 3.22. The van der Waals surface area contributed by atoms with Crippen molar-refractivity contribution in [1.82, 2.24) is 0 Å². The Hall–Kier alpha value is -0.650. The number of ether oxygens (including phenoxy) is 3. The highest BCUT2D eigenvalue weighted by molar-refractivity contribution is 6.42. The summed E-state index contributed by atoms with van der Waals surface area (Å²) in [5.74, 6) is -0.136. The van der Waals surface area contributed by atoms with Crippen molar-refractivity contribution in [2.75, 3.05) is 40.1 Å². The fourth-order valence-corrected chi connectivity index (χ4v) is 1.74. The van der Waals surface area contributed by atoms with E-state index in [4.69, 9.17) is 37.4 Å². The molecule has 0 fully saturated rings. The predicted molar refractivity (Wildman–Crippen MR) is 78.9 cm³/mol. The summed E-state index contributed by atoms with van der Waals surface area (Å²) in [6.45, 7) is 2.13. The lowest BCUT2D eigenvalue weighted by atomic mass is 10.1. The molecular formula is C14H18Cl2O4. The van der Waals surface area contributed by atoms with Crippen LogP contribution in [0.3, 0.4) is 0 Å². The summed E-state index contributed by atoms with van der Waals surface area (Å²) in [6, 6.07) is 4.76. The molecule has 112 valence electrons. The van der Waals surface area contributed by atoms with E-state index in [0.29, 0.717) is 42.0 Å². The molecule has 0 unspecified atom stereocenters. The maximum absolute atomic E-state index is 11.8. The Labute approximate surface area is 128 Å². The van der Waals surface area contributed by atoms with E-state index in [1.165, 1.54) is 6.07 Å². The Morgan fingerprint density at radius 2 is 1.80 bits per heavy atom. The zero-order valence-electron chi connectivity index (χ0n) is 11.4. The van der Waals surface area contributed by atoms with Crippen molar-refractivity contribution in [3.63, 3.8) is 0 Å². The Morgan fingerprint density at radius 3 is 2.50 bits per heavy atom. The van der Waals surface area contributed by atoms with Gasteiger partial charge in [0.05, 0.1) is 23.3 Å². The number of halogens is 2. The molecule has 0 aromatic heterocycles. The number of methoxy groups -OCH3 is 1. The average Bonchev–Trinajstić information content (AvgIpc) is 2.44. The fourth-order valence-electron chi connectivity index (χ4n) is 1.44. The molecule has 0 saturated heterocycles. The van der Waals surface area contributed by atoms with Gasteiger partial charge in [0.2, 0.25) is 0 Å². The van der Waals surface area contributed by atoms with Gasteiger partial charge in [0.1, 0.15) is 6.61 Å². The first-order valence-corrected chi connectivity index (χ1v) is 7.03. The minimum Gasteiger partial charge on any atom is -0.385 e. The Morgan fingerprint density at radius 1 is 1.05 bits per heavy atom. The van der Waals surface area contributed by atoms with Crippen LogP contribution >= 0.6 is 23.2 Å². The number of ketones is 1. The molecule has 20 heavy (non-hydrogen) atoms. The number of hydrogen-bond donors (Lipinski definition) is 0. The molecule has 0 spiro atoms. The van der Waals surface area contributed by atoms with Crippen molar-refractivity contribution in [3.05, 3.63) is 33.8 Å². The minimum atomic E-state index is -0.136. The lowest BCUT2D eigenvalue weighted by Gasteiger charge is -2.06. The van der Waals surface area contributed by atoms with Crippen molar-refractivity contribution >= 4 is 29.0 Å². The van der Waals surface area contributed by atoms with Gasteiger partial charge < -0.3 is 14.2 Å². The van der Waals surface area contributed by atoms with Crippen LogP contribution in [-0.2, 0) is 14.2 Å². The quantitative estimate of drug-likeness (QED) is 0.490. The second-order valence-corrected chi connectivity index (χ2v) is 4.88. The van der Waals surface area contributed by atoms with Crippen LogP contribution < -0.4 is 0 Å². The van der Waals surface area contributed by atoms with Gasteiger partial charge in [0.25, 0.3) is 0 Å². The molecule has 0 aliphatic heterocycles. The molecule has 0 radical (unpaired) electrons. The Kier molecular flexibility index (Phi) is 8.82. The molecule has 1 aromatic rings. The molecule has 0 N–H and O–H groups in total. The van der Waals surface area contributed by atoms with Gasteiger partial charge in [-0.2, -0.15) is 0 Å². The molecule has 0 aliphatic carbocycles. The first-order valence-electron chi connectivity index (χ1n) is 6.28. The van der Waals surface area contributed by atoms with Gasteiger partial charge in [0.15, 0.2) is 5.78 Å². The van der Waals surface area contributed by atoms with Crippen LogP contribution in [0.2, 0.25) is 10.0 Å². The molecule has 0 saturated carbocycles. The third-order valence-electron chi connectivity index (χ3n) is 2.48. The van der Waals surface area contributed by atoms with E-state index in [1.54, 1.807) is 19.2 Å². The molecule has 0 amide bonds. The number of benzene rings is 1. The number of rotatable bonds is 10. The molecule has 0 aliphatic rings. The minimum absolute atomic E-state index is 0.000603. The maximum Gasteiger partial charge on any atom is 0.188 e. The lowest BCUT2D eigenvalue weighted by molar-refractivity contribution is 0.0382. The first kappa shape index (κ1) is 17.4. The van der Waals surface area contributed by atoms with E-state index in [2.05, 4.69) is 0 Å². The zero-order valence-corrected chi connectivity index (χ0v) is 12.9. The second kappa shape index (κ2) is 10.1. The molecular weight excluding hydrogens is 303 g/mol. The van der Waals surface area contributed by atoms with Crippen LogP contribution in [0.25, 0.3) is 0 Å². The van der Waals surface area contributed by atoms with Crippen LogP contribution in [0.1, 0.15) is 16.8 Å². The smallest absolute Gasteiger partial charge is 0.188 e. The molecule has 0 heterocycles. The summed E-state index contributed by atoms with van der Waals surface area (Å²) in [7, 11) is 1.65. The number of carbonyl (C=O) groups excluding carboxylic acids is 1. The highest BCUT2D eigenvalue weighted by Gasteiger charge is 2.08. The van der Waals surface area contributed by atoms with Gasteiger partial charge in [-0.05, 0) is 24.6 Å². The first-order chi connectivity index (χ1) is 9.65. The highest BCUT2D eigenvalue weighted by atomic mass is 35.5. The van der Waals surface area contributed by atoms with Crippen LogP contribution in [0, 0.1) is 0 Å². The van der Waals surface area contributed by atoms with Gasteiger partial charge in [-0.15, -0.1) is 0 Å². The lowest BCUT2D eigenvalue weighted by Crippen LogP contribution is -2.13. The van der Waals surface area contributed by atoms with Crippen LogP contribution in [-0.4, -0.2) is 45.9 Å². The monoisotopic (exact) mass is 320 g/mol. The van der Waals surface area contributed by atoms with E-state index in [1.807, 2.05) is 0 Å². The summed E-state index contributed by atoms with van der Waals surface area (Å²) in [6.07, 6.45) is 0.846. The van der Waals surface area contributed by atoms with E-state index in [9.17, 15) is 4.79 Å². The summed E-state index contributed by atoms with van der Waals surface area (Å²) in [5.41, 5.74) is 0.486. The number of hydrogen-bond acceptors (Lipinski definition) is 4. The van der Waals surface area contributed by atoms with Gasteiger partial charge in [-0.3, -0.25) is 4.79 Å². The molecule has 1 aromatic carbocycles. The van der Waals surface area contributed by atoms with Crippen molar-refractivity contribution in [3.8, 4) is 0 Å². The van der Waals surface area contributed by atoms with Crippen molar-refractivity contribution in [2.24, 2.45) is 0 Å². The van der Waals surface area contributed by atoms with Gasteiger partial charge in [-0.25, -0.2) is 0 Å². The summed E-state index contributed by atoms with van der Waals surface area (Å²) in [4.78, 5) is 11.8. The largest absolute Gasteiger partial charge is 0.385 e. The standard InChI is InChI=1S/C14H18Cl2O4/c1-18-5-2-6-19-7-8-20-10-14(17)11-3-4-12(15)13(16)9-11/h3-4,9H,2,5-8,10H2,1H3. The van der Waals surface area contributed by atoms with Gasteiger partial charge in [-0.1, -0.05) is 23.2 Å². The molecule has 0 atom stereocenters. The molecule has 1 rings (SSSR count). The summed E-state index contributed by atoms with van der Waals surface area (Å²) in [5, 5.41) is 0.785. The van der Waals surface area contributed by atoms with Crippen molar-refractivity contribution in [1.29, 1.82) is 0 Å². The Bertz CT molecular complexity index is 424. The molecule has 4 nitrogen and oxygen atoms in total. The van der Waals surface area contributed by atoms with E-state index >= 15 is 0 Å².